The highest BCUT2D eigenvalue weighted by atomic mass is 16.1. The van der Waals surface area contributed by atoms with E-state index in [2.05, 4.69) is 10.3 Å². The summed E-state index contributed by atoms with van der Waals surface area (Å²) in [5, 5.41) is 2.90. The molecule has 0 spiro atoms. The van der Waals surface area contributed by atoms with Gasteiger partial charge in [0.05, 0.1) is 6.04 Å². The predicted octanol–water partition coefficient (Wildman–Crippen LogP) is 2.09. The second-order valence-corrected chi connectivity index (χ2v) is 3.95. The smallest absolute Gasteiger partial charge is 0.268 e. The molecule has 1 amide bonds. The molecule has 0 aliphatic heterocycles. The van der Waals surface area contributed by atoms with Gasteiger partial charge in [-0.1, -0.05) is 30.3 Å². The summed E-state index contributed by atoms with van der Waals surface area (Å²) in [6.45, 7) is 1.94. The van der Waals surface area contributed by atoms with E-state index in [1.807, 2.05) is 37.3 Å². The Balaban J connectivity index is 2.04. The maximum Gasteiger partial charge on any atom is 0.268 e. The van der Waals surface area contributed by atoms with Gasteiger partial charge in [0, 0.05) is 11.9 Å². The summed E-state index contributed by atoms with van der Waals surface area (Å²) in [7, 11) is 0. The molecule has 2 aromatic rings. The van der Waals surface area contributed by atoms with Crippen LogP contribution in [0.3, 0.4) is 0 Å². The monoisotopic (exact) mass is 229 g/mol. The van der Waals surface area contributed by atoms with Gasteiger partial charge in [-0.3, -0.25) is 4.79 Å². The van der Waals surface area contributed by atoms with Crippen LogP contribution in [0, 0.1) is 0 Å². The van der Waals surface area contributed by atoms with Gasteiger partial charge in [0.25, 0.3) is 5.91 Å². The molecule has 0 aliphatic carbocycles. The number of amides is 1. The van der Waals surface area contributed by atoms with E-state index < -0.39 is 0 Å². The van der Waals surface area contributed by atoms with Crippen molar-refractivity contribution in [2.24, 2.45) is 0 Å². The Hall–Kier alpha value is -2.23. The molecule has 0 saturated heterocycles. The van der Waals surface area contributed by atoms with Crippen LogP contribution >= 0.6 is 0 Å². The van der Waals surface area contributed by atoms with Gasteiger partial charge in [0.15, 0.2) is 0 Å². The number of hydrogen-bond acceptors (Lipinski definition) is 2. The van der Waals surface area contributed by atoms with Crippen molar-refractivity contribution in [1.82, 2.24) is 10.3 Å². The number of aromatic nitrogens is 1. The lowest BCUT2D eigenvalue weighted by Crippen LogP contribution is -2.26. The van der Waals surface area contributed by atoms with Crippen molar-refractivity contribution < 1.29 is 4.79 Å². The van der Waals surface area contributed by atoms with Crippen molar-refractivity contribution in [2.45, 2.75) is 13.0 Å². The van der Waals surface area contributed by atoms with Crippen LogP contribution in [0.15, 0.2) is 42.6 Å². The second-order valence-electron chi connectivity index (χ2n) is 3.95. The van der Waals surface area contributed by atoms with Gasteiger partial charge in [0.2, 0.25) is 0 Å². The quantitative estimate of drug-likeness (QED) is 0.754. The Kier molecular flexibility index (Phi) is 3.14. The standard InChI is InChI=1S/C13H15N3O/c1-9(10-5-3-2-4-6-10)16-13(17)12-7-11(14)8-15-12/h2-9,15H,14H2,1H3,(H,16,17)/t9-/m0/s1. The van der Waals surface area contributed by atoms with Crippen LogP contribution in [-0.2, 0) is 0 Å². The third-order valence-corrected chi connectivity index (χ3v) is 2.60. The van der Waals surface area contributed by atoms with Gasteiger partial charge < -0.3 is 16.0 Å². The molecule has 1 heterocycles. The SMILES string of the molecule is C[C@H](NC(=O)c1cc(N)c[nH]1)c1ccccc1. The molecule has 4 N–H and O–H groups in total. The highest BCUT2D eigenvalue weighted by Gasteiger charge is 2.12. The molecule has 1 aromatic heterocycles. The molecule has 0 radical (unpaired) electrons. The number of aromatic amines is 1. The first-order chi connectivity index (χ1) is 8.16. The Labute approximate surface area is 99.8 Å². The molecule has 0 saturated carbocycles. The maximum atomic E-state index is 11.8. The van der Waals surface area contributed by atoms with Crippen LogP contribution in [0.1, 0.15) is 29.0 Å². The highest BCUT2D eigenvalue weighted by molar-refractivity contribution is 5.93. The van der Waals surface area contributed by atoms with E-state index in [0.29, 0.717) is 11.4 Å². The zero-order valence-electron chi connectivity index (χ0n) is 9.60. The number of anilines is 1. The molecule has 4 heteroatoms. The molecule has 0 bridgehead atoms. The Morgan fingerprint density at radius 2 is 2.06 bits per heavy atom. The van der Waals surface area contributed by atoms with Crippen molar-refractivity contribution in [2.75, 3.05) is 5.73 Å². The predicted molar refractivity (Wildman–Crippen MR) is 67.5 cm³/mol. The number of carbonyl (C=O) groups excluding carboxylic acids is 1. The van der Waals surface area contributed by atoms with Crippen molar-refractivity contribution >= 4 is 11.6 Å². The topological polar surface area (TPSA) is 70.9 Å². The fourth-order valence-electron chi connectivity index (χ4n) is 1.64. The van der Waals surface area contributed by atoms with Crippen molar-refractivity contribution in [3.8, 4) is 0 Å². The summed E-state index contributed by atoms with van der Waals surface area (Å²) in [6.07, 6.45) is 1.60. The fourth-order valence-corrected chi connectivity index (χ4v) is 1.64. The summed E-state index contributed by atoms with van der Waals surface area (Å²) in [5.74, 6) is -0.155. The number of nitrogens with two attached hydrogens (primary N) is 1. The van der Waals surface area contributed by atoms with E-state index in [4.69, 9.17) is 5.73 Å². The van der Waals surface area contributed by atoms with Crippen molar-refractivity contribution in [1.29, 1.82) is 0 Å². The van der Waals surface area contributed by atoms with Gasteiger partial charge in [-0.05, 0) is 18.6 Å². The Morgan fingerprint density at radius 3 is 2.65 bits per heavy atom. The first-order valence-corrected chi connectivity index (χ1v) is 5.46. The van der Waals surface area contributed by atoms with Crippen LogP contribution in [0.4, 0.5) is 5.69 Å². The summed E-state index contributed by atoms with van der Waals surface area (Å²) < 4.78 is 0. The maximum absolute atomic E-state index is 11.8. The van der Waals surface area contributed by atoms with E-state index in [9.17, 15) is 4.79 Å². The molecule has 88 valence electrons. The average Bonchev–Trinajstić information content (AvgIpc) is 2.77. The van der Waals surface area contributed by atoms with Crippen molar-refractivity contribution in [3.63, 3.8) is 0 Å². The number of benzene rings is 1. The average molecular weight is 229 g/mol. The normalized spacial score (nSPS) is 12.1. The minimum absolute atomic E-state index is 0.0341. The lowest BCUT2D eigenvalue weighted by Gasteiger charge is -2.13. The number of nitrogen functional groups attached to an aromatic ring is 1. The van der Waals surface area contributed by atoms with E-state index in [0.717, 1.165) is 5.56 Å². The summed E-state index contributed by atoms with van der Waals surface area (Å²) in [5.41, 5.74) is 7.65. The largest absolute Gasteiger partial charge is 0.397 e. The molecule has 1 aromatic carbocycles. The van der Waals surface area contributed by atoms with Crippen molar-refractivity contribution in [3.05, 3.63) is 53.9 Å². The Morgan fingerprint density at radius 1 is 1.35 bits per heavy atom. The van der Waals surface area contributed by atoms with Gasteiger partial charge in [0.1, 0.15) is 5.69 Å². The van der Waals surface area contributed by atoms with E-state index >= 15 is 0 Å². The third-order valence-electron chi connectivity index (χ3n) is 2.60. The van der Waals surface area contributed by atoms with Crippen LogP contribution < -0.4 is 11.1 Å². The summed E-state index contributed by atoms with van der Waals surface area (Å²) >= 11 is 0. The van der Waals surface area contributed by atoms with Crippen LogP contribution in [0.5, 0.6) is 0 Å². The highest BCUT2D eigenvalue weighted by Crippen LogP contribution is 2.12. The number of rotatable bonds is 3. The second kappa shape index (κ2) is 4.74. The molecule has 4 nitrogen and oxygen atoms in total. The third kappa shape index (κ3) is 2.66. The zero-order valence-corrected chi connectivity index (χ0v) is 9.60. The molecular formula is C13H15N3O. The lowest BCUT2D eigenvalue weighted by atomic mass is 10.1. The number of H-pyrrole nitrogens is 1. The molecule has 17 heavy (non-hydrogen) atoms. The van der Waals surface area contributed by atoms with Crippen LogP contribution in [0.2, 0.25) is 0 Å². The van der Waals surface area contributed by atoms with Gasteiger partial charge in [-0.2, -0.15) is 0 Å². The minimum atomic E-state index is -0.155. The van der Waals surface area contributed by atoms with Gasteiger partial charge in [-0.15, -0.1) is 0 Å². The molecule has 1 atom stereocenters. The molecule has 2 rings (SSSR count). The van der Waals surface area contributed by atoms with E-state index in [1.54, 1.807) is 12.3 Å². The first-order valence-electron chi connectivity index (χ1n) is 5.46. The van der Waals surface area contributed by atoms with Gasteiger partial charge >= 0.3 is 0 Å². The molecular weight excluding hydrogens is 214 g/mol. The van der Waals surface area contributed by atoms with Gasteiger partial charge in [-0.25, -0.2) is 0 Å². The van der Waals surface area contributed by atoms with E-state index in [-0.39, 0.29) is 11.9 Å². The summed E-state index contributed by atoms with van der Waals surface area (Å²) in [4.78, 5) is 14.7. The lowest BCUT2D eigenvalue weighted by molar-refractivity contribution is 0.0935. The van der Waals surface area contributed by atoms with Crippen LogP contribution in [0.25, 0.3) is 0 Å². The first kappa shape index (κ1) is 11.3. The zero-order chi connectivity index (χ0) is 12.3. The number of nitrogens with one attached hydrogen (secondary N) is 2. The minimum Gasteiger partial charge on any atom is -0.397 e. The van der Waals surface area contributed by atoms with E-state index in [1.165, 1.54) is 0 Å². The number of hydrogen-bond donors (Lipinski definition) is 3. The van der Waals surface area contributed by atoms with Crippen LogP contribution in [-0.4, -0.2) is 10.9 Å². The summed E-state index contributed by atoms with van der Waals surface area (Å²) in [6, 6.07) is 11.4. The number of carbonyl (C=O) groups is 1. The molecule has 0 fully saturated rings. The molecule has 0 unspecified atom stereocenters. The fraction of sp³-hybridized carbons (Fsp3) is 0.154. The molecule has 0 aliphatic rings. The Bertz CT molecular complexity index is 504.